The number of benzene rings is 2. The average Bonchev–Trinajstić information content (AvgIpc) is 2.86. The fourth-order valence-electron chi connectivity index (χ4n) is 2.90. The van der Waals surface area contributed by atoms with Crippen LogP contribution in [0.15, 0.2) is 48.2 Å². The molecule has 0 atom stereocenters. The van der Waals surface area contributed by atoms with Gasteiger partial charge in [-0.1, -0.05) is 23.7 Å². The third-order valence-corrected chi connectivity index (χ3v) is 4.48. The number of nitrogens with one attached hydrogen (secondary N) is 1. The van der Waals surface area contributed by atoms with E-state index in [1.54, 1.807) is 32.0 Å². The second-order valence-electron chi connectivity index (χ2n) is 6.31. The number of methoxy groups -OCH3 is 1. The maximum Gasteiger partial charge on any atom is 0.278 e. The minimum atomic E-state index is -0.443. The minimum Gasteiger partial charge on any atom is -0.495 e. The Balaban J connectivity index is 2.08. The van der Waals surface area contributed by atoms with Crippen LogP contribution < -0.4 is 10.1 Å². The van der Waals surface area contributed by atoms with Gasteiger partial charge in [-0.05, 0) is 49.7 Å². The number of imide groups is 1. The summed E-state index contributed by atoms with van der Waals surface area (Å²) >= 11 is 6.14. The molecule has 0 fully saturated rings. The average molecular weight is 389 g/mol. The number of ether oxygens (including phenoxy) is 1. The van der Waals surface area contributed by atoms with E-state index in [1.807, 2.05) is 0 Å². The van der Waals surface area contributed by atoms with Crippen LogP contribution in [0.4, 0.5) is 10.1 Å². The van der Waals surface area contributed by atoms with Crippen molar-refractivity contribution in [3.63, 3.8) is 0 Å². The maximum atomic E-state index is 13.3. The predicted molar refractivity (Wildman–Crippen MR) is 102 cm³/mol. The molecule has 0 saturated heterocycles. The first-order valence-electron chi connectivity index (χ1n) is 8.32. The summed E-state index contributed by atoms with van der Waals surface area (Å²) < 4.78 is 18.4. The van der Waals surface area contributed by atoms with Gasteiger partial charge in [-0.25, -0.2) is 4.39 Å². The monoisotopic (exact) mass is 388 g/mol. The van der Waals surface area contributed by atoms with E-state index in [0.29, 0.717) is 22.0 Å². The van der Waals surface area contributed by atoms with E-state index in [-0.39, 0.29) is 17.3 Å². The molecule has 0 unspecified atom stereocenters. The molecule has 0 saturated carbocycles. The molecule has 0 aliphatic carbocycles. The van der Waals surface area contributed by atoms with Crippen LogP contribution in [0, 0.1) is 5.82 Å². The number of carbonyl (C=O) groups is 2. The fraction of sp³-hybridized carbons (Fsp3) is 0.200. The zero-order valence-corrected chi connectivity index (χ0v) is 15.8. The minimum absolute atomic E-state index is 0.126. The molecule has 5 nitrogen and oxygen atoms in total. The lowest BCUT2D eigenvalue weighted by Gasteiger charge is -2.19. The van der Waals surface area contributed by atoms with Crippen molar-refractivity contribution in [1.29, 1.82) is 0 Å². The van der Waals surface area contributed by atoms with Gasteiger partial charge >= 0.3 is 0 Å². The Bertz CT molecular complexity index is 939. The highest BCUT2D eigenvalue weighted by Gasteiger charge is 2.40. The van der Waals surface area contributed by atoms with Crippen molar-refractivity contribution in [1.82, 2.24) is 4.90 Å². The largest absolute Gasteiger partial charge is 0.495 e. The first-order chi connectivity index (χ1) is 12.8. The molecular formula is C20H18ClFN2O3. The van der Waals surface area contributed by atoms with Crippen LogP contribution in [0.5, 0.6) is 5.75 Å². The second kappa shape index (κ2) is 7.40. The number of anilines is 1. The van der Waals surface area contributed by atoms with Gasteiger partial charge in [0.2, 0.25) is 0 Å². The van der Waals surface area contributed by atoms with Gasteiger partial charge in [0.05, 0.1) is 17.7 Å². The Morgan fingerprint density at radius 3 is 2.30 bits per heavy atom. The molecule has 2 amide bonds. The number of carbonyl (C=O) groups excluding carboxylic acids is 2. The molecule has 2 aromatic carbocycles. The van der Waals surface area contributed by atoms with Crippen LogP contribution in [0.25, 0.3) is 5.57 Å². The molecule has 27 heavy (non-hydrogen) atoms. The van der Waals surface area contributed by atoms with Gasteiger partial charge in [-0.2, -0.15) is 0 Å². The summed E-state index contributed by atoms with van der Waals surface area (Å²) in [4.78, 5) is 26.9. The summed E-state index contributed by atoms with van der Waals surface area (Å²) in [5.74, 6) is -0.800. The summed E-state index contributed by atoms with van der Waals surface area (Å²) in [5.41, 5.74) is 1.31. The molecule has 0 spiro atoms. The first kappa shape index (κ1) is 18.9. The van der Waals surface area contributed by atoms with E-state index in [1.165, 1.54) is 36.3 Å². The first-order valence-corrected chi connectivity index (χ1v) is 8.70. The molecule has 3 rings (SSSR count). The zero-order chi connectivity index (χ0) is 19.7. The zero-order valence-electron chi connectivity index (χ0n) is 15.0. The summed E-state index contributed by atoms with van der Waals surface area (Å²) in [5, 5.41) is 3.36. The van der Waals surface area contributed by atoms with E-state index in [9.17, 15) is 14.0 Å². The Morgan fingerprint density at radius 1 is 1.07 bits per heavy atom. The Morgan fingerprint density at radius 2 is 1.74 bits per heavy atom. The molecule has 7 heteroatoms. The standard InChI is InChI=1S/C20H18ClFN2O3/c1-11(2)24-19(25)17(12-4-6-13(22)7-5-12)18(20(24)26)23-14-8-9-16(27-3)15(21)10-14/h4-11,23H,1-3H3. The Hall–Kier alpha value is -2.86. The normalized spacial score (nSPS) is 14.4. The van der Waals surface area contributed by atoms with Crippen molar-refractivity contribution in [2.24, 2.45) is 0 Å². The van der Waals surface area contributed by atoms with Gasteiger partial charge in [0.15, 0.2) is 0 Å². The third kappa shape index (κ3) is 3.53. The van der Waals surface area contributed by atoms with Crippen LogP contribution in [0.3, 0.4) is 0 Å². The lowest BCUT2D eigenvalue weighted by molar-refractivity contribution is -0.138. The summed E-state index contributed by atoms with van der Waals surface area (Å²) in [6.07, 6.45) is 0. The van der Waals surface area contributed by atoms with Crippen molar-refractivity contribution in [3.05, 3.63) is 64.6 Å². The predicted octanol–water partition coefficient (Wildman–Crippen LogP) is 4.09. The number of nitrogens with zero attached hydrogens (tertiary/aromatic N) is 1. The summed E-state index contributed by atoms with van der Waals surface area (Å²) in [6, 6.07) is 10.1. The smallest absolute Gasteiger partial charge is 0.278 e. The maximum absolute atomic E-state index is 13.3. The highest BCUT2D eigenvalue weighted by Crippen LogP contribution is 2.33. The Kier molecular flexibility index (Phi) is 5.19. The van der Waals surface area contributed by atoms with E-state index in [4.69, 9.17) is 16.3 Å². The van der Waals surface area contributed by atoms with Crippen molar-refractivity contribution in [3.8, 4) is 5.75 Å². The molecule has 0 bridgehead atoms. The van der Waals surface area contributed by atoms with E-state index in [0.717, 1.165) is 0 Å². The van der Waals surface area contributed by atoms with Crippen molar-refractivity contribution < 1.29 is 18.7 Å². The van der Waals surface area contributed by atoms with Gasteiger partial charge in [0.25, 0.3) is 11.8 Å². The number of rotatable bonds is 5. The van der Waals surface area contributed by atoms with Crippen LogP contribution in [-0.4, -0.2) is 29.9 Å². The van der Waals surface area contributed by atoms with Crippen LogP contribution in [-0.2, 0) is 9.59 Å². The van der Waals surface area contributed by atoms with Gasteiger partial charge in [0.1, 0.15) is 17.3 Å². The molecule has 0 aromatic heterocycles. The lowest BCUT2D eigenvalue weighted by atomic mass is 10.0. The van der Waals surface area contributed by atoms with E-state index < -0.39 is 17.6 Å². The van der Waals surface area contributed by atoms with Crippen molar-refractivity contribution in [2.45, 2.75) is 19.9 Å². The van der Waals surface area contributed by atoms with Gasteiger partial charge in [-0.15, -0.1) is 0 Å². The highest BCUT2D eigenvalue weighted by atomic mass is 35.5. The Labute approximate surface area is 161 Å². The molecule has 140 valence electrons. The SMILES string of the molecule is COc1ccc(NC2=C(c3ccc(F)cc3)C(=O)N(C(C)C)C2=O)cc1Cl. The summed E-state index contributed by atoms with van der Waals surface area (Å²) in [6.45, 7) is 3.51. The molecule has 2 aromatic rings. The molecular weight excluding hydrogens is 371 g/mol. The number of halogens is 2. The van der Waals surface area contributed by atoms with Crippen molar-refractivity contribution >= 4 is 34.7 Å². The lowest BCUT2D eigenvalue weighted by Crippen LogP contribution is -2.38. The van der Waals surface area contributed by atoms with Crippen LogP contribution >= 0.6 is 11.6 Å². The molecule has 0 radical (unpaired) electrons. The van der Waals surface area contributed by atoms with Gasteiger partial charge in [-0.3, -0.25) is 14.5 Å². The topological polar surface area (TPSA) is 58.6 Å². The van der Waals surface area contributed by atoms with E-state index in [2.05, 4.69) is 5.32 Å². The van der Waals surface area contributed by atoms with Gasteiger partial charge in [0, 0.05) is 11.7 Å². The highest BCUT2D eigenvalue weighted by molar-refractivity contribution is 6.37. The van der Waals surface area contributed by atoms with Crippen molar-refractivity contribution in [2.75, 3.05) is 12.4 Å². The fourth-order valence-corrected chi connectivity index (χ4v) is 3.16. The quantitative estimate of drug-likeness (QED) is 0.784. The number of hydrogen-bond donors (Lipinski definition) is 1. The van der Waals surface area contributed by atoms with Crippen LogP contribution in [0.2, 0.25) is 5.02 Å². The molecule has 1 N–H and O–H groups in total. The van der Waals surface area contributed by atoms with Crippen LogP contribution in [0.1, 0.15) is 19.4 Å². The number of hydrogen-bond acceptors (Lipinski definition) is 4. The molecule has 1 aliphatic heterocycles. The third-order valence-electron chi connectivity index (χ3n) is 4.19. The molecule has 1 heterocycles. The summed E-state index contributed by atoms with van der Waals surface area (Å²) in [7, 11) is 1.50. The second-order valence-corrected chi connectivity index (χ2v) is 6.71. The molecule has 1 aliphatic rings. The van der Waals surface area contributed by atoms with Gasteiger partial charge < -0.3 is 10.1 Å². The number of amides is 2. The van der Waals surface area contributed by atoms with E-state index >= 15 is 0 Å².